The first-order valence-corrected chi connectivity index (χ1v) is 6.62. The summed E-state index contributed by atoms with van der Waals surface area (Å²) in [5.74, 6) is -1.10. The molecule has 0 spiro atoms. The number of carboxylic acid groups (broad SMARTS) is 1. The fourth-order valence-electron chi connectivity index (χ4n) is 1.91. The molecule has 0 aliphatic rings. The van der Waals surface area contributed by atoms with Gasteiger partial charge in [0.15, 0.2) is 11.4 Å². The van der Waals surface area contributed by atoms with Gasteiger partial charge in [-0.2, -0.15) is 0 Å². The van der Waals surface area contributed by atoms with Crippen LogP contribution in [0.2, 0.25) is 0 Å². The molecule has 1 aromatic carbocycles. The molecule has 6 nitrogen and oxygen atoms in total. The maximum absolute atomic E-state index is 13.8. The van der Waals surface area contributed by atoms with E-state index in [0.717, 1.165) is 4.80 Å². The fraction of sp³-hybridized carbons (Fsp3) is 0.429. The number of aliphatic carboxylic acids is 1. The van der Waals surface area contributed by atoms with Crippen molar-refractivity contribution in [2.75, 3.05) is 0 Å². The van der Waals surface area contributed by atoms with Gasteiger partial charge in [0.05, 0.1) is 0 Å². The maximum atomic E-state index is 13.8. The Bertz CT molecular complexity index is 656. The lowest BCUT2D eigenvalue weighted by atomic mass is 9.93. The molecule has 1 aromatic heterocycles. The molecule has 0 bridgehead atoms. The highest BCUT2D eigenvalue weighted by Gasteiger charge is 2.39. The number of rotatable bonds is 5. The number of carboxylic acids is 1. The van der Waals surface area contributed by atoms with Crippen molar-refractivity contribution in [2.45, 2.75) is 38.6 Å². The molecule has 2 rings (SSSR count). The Balaban J connectivity index is 2.40. The van der Waals surface area contributed by atoms with Gasteiger partial charge in [0.25, 0.3) is 0 Å². The van der Waals surface area contributed by atoms with E-state index in [-0.39, 0.29) is 12.3 Å². The molecule has 21 heavy (non-hydrogen) atoms. The maximum Gasteiger partial charge on any atom is 0.333 e. The summed E-state index contributed by atoms with van der Waals surface area (Å²) in [4.78, 5) is 12.7. The first-order chi connectivity index (χ1) is 9.84. The van der Waals surface area contributed by atoms with Crippen LogP contribution in [0.3, 0.4) is 0 Å². The molecule has 0 radical (unpaired) electrons. The third kappa shape index (κ3) is 2.91. The van der Waals surface area contributed by atoms with Crippen LogP contribution in [0.25, 0.3) is 0 Å². The SMILES string of the molecule is CC(C)c1nnn(C(C)(Cc2ccccc2F)C(=O)O)n1. The van der Waals surface area contributed by atoms with Crippen molar-refractivity contribution in [1.29, 1.82) is 0 Å². The van der Waals surface area contributed by atoms with Crippen molar-refractivity contribution in [3.05, 3.63) is 41.5 Å². The standard InChI is InChI=1S/C14H17FN4O2/c1-9(2)12-16-18-19(17-12)14(3,13(20)21)8-10-6-4-5-7-11(10)15/h4-7,9H,8H2,1-3H3,(H,20,21). The van der Waals surface area contributed by atoms with E-state index in [1.165, 1.54) is 13.0 Å². The first-order valence-electron chi connectivity index (χ1n) is 6.62. The summed E-state index contributed by atoms with van der Waals surface area (Å²) in [5.41, 5.74) is -1.20. The van der Waals surface area contributed by atoms with Gasteiger partial charge < -0.3 is 5.11 Å². The van der Waals surface area contributed by atoms with Crippen molar-refractivity contribution in [2.24, 2.45) is 0 Å². The van der Waals surface area contributed by atoms with Crippen LogP contribution in [0.1, 0.15) is 38.1 Å². The van der Waals surface area contributed by atoms with Crippen molar-refractivity contribution in [3.63, 3.8) is 0 Å². The van der Waals surface area contributed by atoms with Gasteiger partial charge in [0.2, 0.25) is 0 Å². The Kier molecular flexibility index (Phi) is 4.02. The molecule has 1 heterocycles. The molecule has 0 amide bonds. The molecule has 112 valence electrons. The minimum absolute atomic E-state index is 0.0326. The second-order valence-electron chi connectivity index (χ2n) is 5.44. The van der Waals surface area contributed by atoms with Gasteiger partial charge in [-0.1, -0.05) is 32.0 Å². The van der Waals surface area contributed by atoms with E-state index < -0.39 is 17.3 Å². The van der Waals surface area contributed by atoms with Crippen molar-refractivity contribution >= 4 is 5.97 Å². The number of carbonyl (C=O) groups is 1. The number of halogens is 1. The van der Waals surface area contributed by atoms with Gasteiger partial charge in [-0.25, -0.2) is 9.18 Å². The minimum Gasteiger partial charge on any atom is -0.479 e. The van der Waals surface area contributed by atoms with E-state index in [0.29, 0.717) is 11.4 Å². The number of tetrazole rings is 1. The van der Waals surface area contributed by atoms with E-state index in [9.17, 15) is 14.3 Å². The lowest BCUT2D eigenvalue weighted by Crippen LogP contribution is -2.43. The van der Waals surface area contributed by atoms with E-state index in [4.69, 9.17) is 0 Å². The summed E-state index contributed by atoms with van der Waals surface area (Å²) in [7, 11) is 0. The highest BCUT2D eigenvalue weighted by molar-refractivity contribution is 5.76. The largest absolute Gasteiger partial charge is 0.479 e. The predicted molar refractivity (Wildman–Crippen MR) is 73.3 cm³/mol. The number of benzene rings is 1. The molecule has 0 fully saturated rings. The van der Waals surface area contributed by atoms with E-state index in [1.807, 2.05) is 13.8 Å². The Morgan fingerprint density at radius 3 is 2.62 bits per heavy atom. The summed E-state index contributed by atoms with van der Waals surface area (Å²) >= 11 is 0. The number of hydrogen-bond donors (Lipinski definition) is 1. The van der Waals surface area contributed by atoms with E-state index >= 15 is 0 Å². The molecule has 0 saturated heterocycles. The van der Waals surface area contributed by atoms with Crippen LogP contribution in [-0.2, 0) is 16.8 Å². The van der Waals surface area contributed by atoms with Crippen LogP contribution >= 0.6 is 0 Å². The van der Waals surface area contributed by atoms with Crippen LogP contribution in [0.15, 0.2) is 24.3 Å². The van der Waals surface area contributed by atoms with Gasteiger partial charge >= 0.3 is 5.97 Å². The molecule has 2 aromatic rings. The zero-order valence-electron chi connectivity index (χ0n) is 12.1. The van der Waals surface area contributed by atoms with Crippen LogP contribution in [0.5, 0.6) is 0 Å². The summed E-state index contributed by atoms with van der Waals surface area (Å²) in [6, 6.07) is 6.07. The molecular formula is C14H17FN4O2. The first kappa shape index (κ1) is 15.1. The van der Waals surface area contributed by atoms with Crippen molar-refractivity contribution < 1.29 is 14.3 Å². The lowest BCUT2D eigenvalue weighted by molar-refractivity contribution is -0.147. The Hall–Kier alpha value is -2.31. The molecule has 7 heteroatoms. The topological polar surface area (TPSA) is 80.9 Å². The van der Waals surface area contributed by atoms with Gasteiger partial charge in [-0.15, -0.1) is 15.0 Å². The van der Waals surface area contributed by atoms with E-state index in [1.54, 1.807) is 18.2 Å². The lowest BCUT2D eigenvalue weighted by Gasteiger charge is -2.23. The van der Waals surface area contributed by atoms with Gasteiger partial charge in [-0.05, 0) is 23.8 Å². The Morgan fingerprint density at radius 1 is 1.43 bits per heavy atom. The molecule has 1 unspecified atom stereocenters. The van der Waals surface area contributed by atoms with E-state index in [2.05, 4.69) is 15.4 Å². The van der Waals surface area contributed by atoms with Crippen LogP contribution in [0.4, 0.5) is 4.39 Å². The smallest absolute Gasteiger partial charge is 0.333 e. The van der Waals surface area contributed by atoms with Gasteiger partial charge in [0, 0.05) is 12.3 Å². The highest BCUT2D eigenvalue weighted by Crippen LogP contribution is 2.23. The monoisotopic (exact) mass is 292 g/mol. The number of hydrogen-bond acceptors (Lipinski definition) is 4. The number of aromatic nitrogens is 4. The molecule has 0 aliphatic carbocycles. The zero-order chi connectivity index (χ0) is 15.6. The van der Waals surface area contributed by atoms with Crippen LogP contribution < -0.4 is 0 Å². The zero-order valence-corrected chi connectivity index (χ0v) is 12.1. The third-order valence-electron chi connectivity index (χ3n) is 3.34. The molecular weight excluding hydrogens is 275 g/mol. The average molecular weight is 292 g/mol. The average Bonchev–Trinajstić information content (AvgIpc) is 2.91. The normalized spacial score (nSPS) is 14.1. The van der Waals surface area contributed by atoms with Crippen molar-refractivity contribution in [3.8, 4) is 0 Å². The second-order valence-corrected chi connectivity index (χ2v) is 5.44. The van der Waals surface area contributed by atoms with Crippen LogP contribution in [0, 0.1) is 5.82 Å². The molecule has 1 N–H and O–H groups in total. The molecule has 0 aliphatic heterocycles. The summed E-state index contributed by atoms with van der Waals surface area (Å²) in [5, 5.41) is 21.3. The predicted octanol–water partition coefficient (Wildman–Crippen LogP) is 1.98. The van der Waals surface area contributed by atoms with Gasteiger partial charge in [0.1, 0.15) is 5.82 Å². The number of nitrogens with zero attached hydrogens (tertiary/aromatic N) is 4. The fourth-order valence-corrected chi connectivity index (χ4v) is 1.91. The summed E-state index contributed by atoms with van der Waals surface area (Å²) in [6.45, 7) is 5.22. The Labute approximate surface area is 121 Å². The quantitative estimate of drug-likeness (QED) is 0.911. The molecule has 0 saturated carbocycles. The summed E-state index contributed by atoms with van der Waals surface area (Å²) < 4.78 is 13.8. The summed E-state index contributed by atoms with van der Waals surface area (Å²) in [6.07, 6.45) is -0.0666. The van der Waals surface area contributed by atoms with Crippen LogP contribution in [-0.4, -0.2) is 31.3 Å². The van der Waals surface area contributed by atoms with Crippen molar-refractivity contribution in [1.82, 2.24) is 20.2 Å². The van der Waals surface area contributed by atoms with Gasteiger partial charge in [-0.3, -0.25) is 0 Å². The highest BCUT2D eigenvalue weighted by atomic mass is 19.1. The minimum atomic E-state index is -1.50. The second kappa shape index (κ2) is 5.59. The third-order valence-corrected chi connectivity index (χ3v) is 3.34. The Morgan fingerprint density at radius 2 is 2.10 bits per heavy atom. The molecule has 1 atom stereocenters.